The first kappa shape index (κ1) is 12.4. The Morgan fingerprint density at radius 1 is 1.47 bits per heavy atom. The van der Waals surface area contributed by atoms with E-state index in [1.165, 1.54) is 0 Å². The van der Waals surface area contributed by atoms with Crippen LogP contribution in [0.4, 0.5) is 0 Å². The van der Waals surface area contributed by atoms with Crippen molar-refractivity contribution in [1.82, 2.24) is 5.32 Å². The Hall–Kier alpha value is -1.02. The summed E-state index contributed by atoms with van der Waals surface area (Å²) in [6.07, 6.45) is 0.924. The molecule has 1 fully saturated rings. The van der Waals surface area contributed by atoms with E-state index in [0.29, 0.717) is 11.8 Å². The minimum absolute atomic E-state index is 0.119. The Balaban J connectivity index is 1.92. The summed E-state index contributed by atoms with van der Waals surface area (Å²) in [6.45, 7) is 4.95. The predicted molar refractivity (Wildman–Crippen MR) is 70.1 cm³/mol. The quantitative estimate of drug-likeness (QED) is 0.875. The van der Waals surface area contributed by atoms with Gasteiger partial charge in [-0.05, 0) is 29.9 Å². The largest absolute Gasteiger partial charge is 0.356 e. The van der Waals surface area contributed by atoms with E-state index in [1.54, 1.807) is 0 Å². The van der Waals surface area contributed by atoms with Crippen LogP contribution in [0.5, 0.6) is 0 Å². The molecule has 0 bridgehead atoms. The molecule has 1 aromatic carbocycles. The third-order valence-electron chi connectivity index (χ3n) is 3.12. The number of rotatable bonds is 4. The van der Waals surface area contributed by atoms with Gasteiger partial charge in [-0.15, -0.1) is 0 Å². The molecule has 3 heteroatoms. The molecular formula is C14H18ClNO. The first-order valence-electron chi connectivity index (χ1n) is 6.11. The fourth-order valence-electron chi connectivity index (χ4n) is 2.04. The van der Waals surface area contributed by atoms with Gasteiger partial charge >= 0.3 is 0 Å². The zero-order valence-electron chi connectivity index (χ0n) is 10.2. The highest BCUT2D eigenvalue weighted by Gasteiger charge is 2.44. The van der Waals surface area contributed by atoms with E-state index in [4.69, 9.17) is 11.6 Å². The van der Waals surface area contributed by atoms with E-state index in [-0.39, 0.29) is 11.8 Å². The van der Waals surface area contributed by atoms with Crippen molar-refractivity contribution >= 4 is 17.5 Å². The summed E-state index contributed by atoms with van der Waals surface area (Å²) in [6, 6.07) is 7.80. The molecule has 92 valence electrons. The molecule has 1 N–H and O–H groups in total. The van der Waals surface area contributed by atoms with E-state index in [0.717, 1.165) is 23.6 Å². The predicted octanol–water partition coefficient (Wildman–Crippen LogP) is 3.22. The number of hydrogen-bond donors (Lipinski definition) is 1. The number of benzene rings is 1. The molecule has 2 atom stereocenters. The maximum atomic E-state index is 11.9. The molecule has 0 aromatic heterocycles. The van der Waals surface area contributed by atoms with Crippen molar-refractivity contribution in [1.29, 1.82) is 0 Å². The molecule has 0 radical (unpaired) electrons. The number of carbonyl (C=O) groups is 1. The summed E-state index contributed by atoms with van der Waals surface area (Å²) in [7, 11) is 0. The van der Waals surface area contributed by atoms with Crippen molar-refractivity contribution in [2.75, 3.05) is 6.54 Å². The van der Waals surface area contributed by atoms with Crippen molar-refractivity contribution in [2.24, 2.45) is 11.8 Å². The van der Waals surface area contributed by atoms with Gasteiger partial charge in [-0.1, -0.05) is 43.6 Å². The Morgan fingerprint density at radius 2 is 2.18 bits per heavy atom. The number of nitrogens with one attached hydrogen (secondary N) is 1. The molecule has 1 aliphatic rings. The summed E-state index contributed by atoms with van der Waals surface area (Å²) >= 11 is 6.13. The summed E-state index contributed by atoms with van der Waals surface area (Å²) in [5.41, 5.74) is 1.11. The fourth-order valence-corrected chi connectivity index (χ4v) is 2.32. The zero-order valence-corrected chi connectivity index (χ0v) is 11.0. The van der Waals surface area contributed by atoms with Gasteiger partial charge in [-0.25, -0.2) is 0 Å². The highest BCUT2D eigenvalue weighted by Crippen LogP contribution is 2.49. The number of carbonyl (C=O) groups excluding carboxylic acids is 1. The van der Waals surface area contributed by atoms with E-state index in [2.05, 4.69) is 19.2 Å². The van der Waals surface area contributed by atoms with Crippen molar-refractivity contribution in [3.63, 3.8) is 0 Å². The third-order valence-corrected chi connectivity index (χ3v) is 3.46. The molecule has 1 saturated carbocycles. The molecule has 0 heterocycles. The first-order valence-corrected chi connectivity index (χ1v) is 6.49. The van der Waals surface area contributed by atoms with Crippen LogP contribution in [0.15, 0.2) is 24.3 Å². The van der Waals surface area contributed by atoms with Crippen LogP contribution >= 0.6 is 11.6 Å². The van der Waals surface area contributed by atoms with Gasteiger partial charge in [-0.2, -0.15) is 0 Å². The molecule has 2 unspecified atom stereocenters. The normalized spacial score (nSPS) is 22.6. The zero-order chi connectivity index (χ0) is 12.4. The Labute approximate surface area is 107 Å². The highest BCUT2D eigenvalue weighted by atomic mass is 35.5. The van der Waals surface area contributed by atoms with Gasteiger partial charge in [0, 0.05) is 17.5 Å². The average Bonchev–Trinajstić information content (AvgIpc) is 3.06. The smallest absolute Gasteiger partial charge is 0.223 e. The fraction of sp³-hybridized carbons (Fsp3) is 0.500. The Bertz CT molecular complexity index is 416. The lowest BCUT2D eigenvalue weighted by molar-refractivity contribution is -0.122. The van der Waals surface area contributed by atoms with Crippen molar-refractivity contribution in [2.45, 2.75) is 26.2 Å². The van der Waals surface area contributed by atoms with Crippen LogP contribution in [0, 0.1) is 11.8 Å². The maximum Gasteiger partial charge on any atom is 0.223 e. The molecule has 1 aromatic rings. The topological polar surface area (TPSA) is 29.1 Å². The van der Waals surface area contributed by atoms with Gasteiger partial charge in [0.1, 0.15) is 0 Å². The molecule has 0 saturated heterocycles. The monoisotopic (exact) mass is 251 g/mol. The molecule has 2 nitrogen and oxygen atoms in total. The van der Waals surface area contributed by atoms with Gasteiger partial charge < -0.3 is 5.32 Å². The minimum atomic E-state index is 0.119. The molecule has 17 heavy (non-hydrogen) atoms. The van der Waals surface area contributed by atoms with Crippen LogP contribution in [0.2, 0.25) is 5.02 Å². The standard InChI is InChI=1S/C14H18ClNO/c1-9(2)8-16-14(17)12-7-11(12)10-5-3-4-6-13(10)15/h3-6,9,11-12H,7-8H2,1-2H3,(H,16,17). The first-order chi connectivity index (χ1) is 8.09. The van der Waals surface area contributed by atoms with Gasteiger partial charge in [0.15, 0.2) is 0 Å². The molecule has 2 rings (SSSR count). The second-order valence-corrected chi connectivity index (χ2v) is 5.52. The second-order valence-electron chi connectivity index (χ2n) is 5.11. The lowest BCUT2D eigenvalue weighted by Gasteiger charge is -2.07. The van der Waals surface area contributed by atoms with Gasteiger partial charge in [0.2, 0.25) is 5.91 Å². The number of amides is 1. The second kappa shape index (κ2) is 5.09. The lowest BCUT2D eigenvalue weighted by atomic mass is 10.1. The van der Waals surface area contributed by atoms with E-state index < -0.39 is 0 Å². The van der Waals surface area contributed by atoms with Crippen LogP contribution in [0.3, 0.4) is 0 Å². The van der Waals surface area contributed by atoms with Gasteiger partial charge in [0.25, 0.3) is 0 Å². The van der Waals surface area contributed by atoms with Crippen LogP contribution in [0.1, 0.15) is 31.7 Å². The number of halogens is 1. The summed E-state index contributed by atoms with van der Waals surface area (Å²) in [5.74, 6) is 1.10. The molecular weight excluding hydrogens is 234 g/mol. The minimum Gasteiger partial charge on any atom is -0.356 e. The maximum absolute atomic E-state index is 11.9. The van der Waals surface area contributed by atoms with E-state index in [1.807, 2.05) is 24.3 Å². The molecule has 1 aliphatic carbocycles. The van der Waals surface area contributed by atoms with Crippen LogP contribution < -0.4 is 5.32 Å². The summed E-state index contributed by atoms with van der Waals surface area (Å²) < 4.78 is 0. The Morgan fingerprint density at radius 3 is 2.82 bits per heavy atom. The van der Waals surface area contributed by atoms with Crippen LogP contribution in [0.25, 0.3) is 0 Å². The van der Waals surface area contributed by atoms with Crippen LogP contribution in [-0.4, -0.2) is 12.5 Å². The highest BCUT2D eigenvalue weighted by molar-refractivity contribution is 6.31. The molecule has 0 aliphatic heterocycles. The van der Waals surface area contributed by atoms with Crippen molar-refractivity contribution < 1.29 is 4.79 Å². The van der Waals surface area contributed by atoms with E-state index in [9.17, 15) is 4.79 Å². The van der Waals surface area contributed by atoms with E-state index >= 15 is 0 Å². The van der Waals surface area contributed by atoms with Gasteiger partial charge in [0.05, 0.1) is 0 Å². The third kappa shape index (κ3) is 3.01. The van der Waals surface area contributed by atoms with Gasteiger partial charge in [-0.3, -0.25) is 4.79 Å². The average molecular weight is 252 g/mol. The summed E-state index contributed by atoms with van der Waals surface area (Å²) in [5, 5.41) is 3.76. The summed E-state index contributed by atoms with van der Waals surface area (Å²) in [4.78, 5) is 11.9. The van der Waals surface area contributed by atoms with Crippen molar-refractivity contribution in [3.05, 3.63) is 34.9 Å². The lowest BCUT2D eigenvalue weighted by Crippen LogP contribution is -2.29. The number of hydrogen-bond acceptors (Lipinski definition) is 1. The van der Waals surface area contributed by atoms with Crippen LogP contribution in [-0.2, 0) is 4.79 Å². The van der Waals surface area contributed by atoms with Crippen molar-refractivity contribution in [3.8, 4) is 0 Å². The molecule has 1 amide bonds. The molecule has 0 spiro atoms. The Kier molecular flexibility index (Phi) is 3.72. The SMILES string of the molecule is CC(C)CNC(=O)C1CC1c1ccccc1Cl.